The number of hydrogen-bond donors (Lipinski definition) is 1. The Hall–Kier alpha value is -2.24. The number of rotatable bonds is 13. The summed E-state index contributed by atoms with van der Waals surface area (Å²) in [5, 5.41) is 4.02. The van der Waals surface area contributed by atoms with E-state index in [9.17, 15) is 4.79 Å². The number of nitrogens with zero attached hydrogens (tertiary/aromatic N) is 1. The Morgan fingerprint density at radius 2 is 1.58 bits per heavy atom. The van der Waals surface area contributed by atoms with Gasteiger partial charge in [-0.1, -0.05) is 26.2 Å². The number of unbranched alkanes of at least 4 members (excludes halogenated alkanes) is 4. The molecule has 0 fully saturated rings. The van der Waals surface area contributed by atoms with Gasteiger partial charge in [0.05, 0.1) is 19.8 Å². The molecule has 0 saturated carbocycles. The minimum Gasteiger partial charge on any atom is -0.490 e. The summed E-state index contributed by atoms with van der Waals surface area (Å²) in [5.74, 6) is 1.20. The van der Waals surface area contributed by atoms with E-state index in [1.165, 1.54) is 19.3 Å². The van der Waals surface area contributed by atoms with E-state index in [2.05, 4.69) is 17.5 Å². The van der Waals surface area contributed by atoms with Gasteiger partial charge in [0.25, 0.3) is 5.91 Å². The van der Waals surface area contributed by atoms with Crippen molar-refractivity contribution in [2.45, 2.75) is 59.8 Å². The fraction of sp³-hybridized carbons (Fsp3) is 0.600. The van der Waals surface area contributed by atoms with Gasteiger partial charge in [-0.2, -0.15) is 5.10 Å². The fourth-order valence-corrected chi connectivity index (χ4v) is 2.42. The van der Waals surface area contributed by atoms with Crippen LogP contribution in [0.4, 0.5) is 0 Å². The summed E-state index contributed by atoms with van der Waals surface area (Å²) in [6.45, 7) is 9.24. The molecule has 146 valence electrons. The summed E-state index contributed by atoms with van der Waals surface area (Å²) in [4.78, 5) is 12.4. The second kappa shape index (κ2) is 13.0. The SMILES string of the molecule is CCCCCC/C=N\NC(=O)c1cc(OCC)c(OCC)c(OCC)c1. The van der Waals surface area contributed by atoms with E-state index < -0.39 is 0 Å². The molecule has 0 spiro atoms. The van der Waals surface area contributed by atoms with Crippen molar-refractivity contribution in [3.63, 3.8) is 0 Å². The average Bonchev–Trinajstić information content (AvgIpc) is 2.63. The summed E-state index contributed by atoms with van der Waals surface area (Å²) in [6.07, 6.45) is 7.31. The first-order valence-electron chi connectivity index (χ1n) is 9.56. The van der Waals surface area contributed by atoms with Crippen molar-refractivity contribution >= 4 is 12.1 Å². The molecule has 1 aromatic rings. The van der Waals surface area contributed by atoms with E-state index in [1.807, 2.05) is 20.8 Å². The van der Waals surface area contributed by atoms with Crippen LogP contribution in [-0.4, -0.2) is 31.9 Å². The first-order chi connectivity index (χ1) is 12.7. The molecule has 1 amide bonds. The first-order valence-corrected chi connectivity index (χ1v) is 9.56. The number of hydrogen-bond acceptors (Lipinski definition) is 5. The molecule has 0 aliphatic rings. The maximum atomic E-state index is 12.4. The van der Waals surface area contributed by atoms with Gasteiger partial charge >= 0.3 is 0 Å². The molecular formula is C20H32N2O4. The van der Waals surface area contributed by atoms with Gasteiger partial charge in [0.1, 0.15) is 0 Å². The monoisotopic (exact) mass is 364 g/mol. The molecule has 0 aliphatic carbocycles. The van der Waals surface area contributed by atoms with Gasteiger partial charge in [-0.3, -0.25) is 4.79 Å². The van der Waals surface area contributed by atoms with E-state index in [1.54, 1.807) is 18.3 Å². The van der Waals surface area contributed by atoms with Gasteiger partial charge in [-0.05, 0) is 45.7 Å². The summed E-state index contributed by atoms with van der Waals surface area (Å²) >= 11 is 0. The smallest absolute Gasteiger partial charge is 0.271 e. The highest BCUT2D eigenvalue weighted by Crippen LogP contribution is 2.39. The standard InChI is InChI=1S/C20H32N2O4/c1-5-9-10-11-12-13-21-22-20(23)16-14-17(24-6-2)19(26-8-4)18(15-16)25-7-3/h13-15H,5-12H2,1-4H3,(H,22,23)/b21-13-. The second-order valence-electron chi connectivity index (χ2n) is 5.70. The number of benzene rings is 1. The Kier molecular flexibility index (Phi) is 10.9. The lowest BCUT2D eigenvalue weighted by Crippen LogP contribution is -2.18. The molecule has 6 nitrogen and oxygen atoms in total. The predicted molar refractivity (Wildman–Crippen MR) is 105 cm³/mol. The Morgan fingerprint density at radius 1 is 0.962 bits per heavy atom. The highest BCUT2D eigenvalue weighted by Gasteiger charge is 2.18. The van der Waals surface area contributed by atoms with E-state index in [0.29, 0.717) is 42.6 Å². The van der Waals surface area contributed by atoms with Crippen molar-refractivity contribution in [3.05, 3.63) is 17.7 Å². The van der Waals surface area contributed by atoms with Crippen LogP contribution in [-0.2, 0) is 0 Å². The van der Waals surface area contributed by atoms with Crippen molar-refractivity contribution in [2.75, 3.05) is 19.8 Å². The third-order valence-electron chi connectivity index (χ3n) is 3.62. The molecule has 0 radical (unpaired) electrons. The predicted octanol–water partition coefficient (Wildman–Crippen LogP) is 4.57. The van der Waals surface area contributed by atoms with Gasteiger partial charge in [-0.15, -0.1) is 0 Å². The lowest BCUT2D eigenvalue weighted by atomic mass is 10.1. The maximum Gasteiger partial charge on any atom is 0.271 e. The third kappa shape index (κ3) is 7.33. The van der Waals surface area contributed by atoms with Crippen LogP contribution in [0.2, 0.25) is 0 Å². The molecule has 1 rings (SSSR count). The number of carbonyl (C=O) groups excluding carboxylic acids is 1. The summed E-state index contributed by atoms with van der Waals surface area (Å²) < 4.78 is 16.9. The number of nitrogens with one attached hydrogen (secondary N) is 1. The van der Waals surface area contributed by atoms with Gasteiger partial charge < -0.3 is 14.2 Å². The maximum absolute atomic E-state index is 12.4. The van der Waals surface area contributed by atoms with E-state index in [0.717, 1.165) is 12.8 Å². The van der Waals surface area contributed by atoms with Crippen LogP contribution >= 0.6 is 0 Å². The normalized spacial score (nSPS) is 10.8. The lowest BCUT2D eigenvalue weighted by molar-refractivity contribution is 0.0954. The molecule has 0 bridgehead atoms. The van der Waals surface area contributed by atoms with Crippen molar-refractivity contribution in [3.8, 4) is 17.2 Å². The van der Waals surface area contributed by atoms with Crippen LogP contribution in [0.3, 0.4) is 0 Å². The molecule has 6 heteroatoms. The van der Waals surface area contributed by atoms with E-state index >= 15 is 0 Å². The van der Waals surface area contributed by atoms with Gasteiger partial charge in [0.15, 0.2) is 11.5 Å². The largest absolute Gasteiger partial charge is 0.490 e. The Morgan fingerprint density at radius 3 is 2.12 bits per heavy atom. The highest BCUT2D eigenvalue weighted by molar-refractivity contribution is 5.95. The number of amides is 1. The van der Waals surface area contributed by atoms with E-state index in [-0.39, 0.29) is 5.91 Å². The van der Waals surface area contributed by atoms with Crippen LogP contribution in [0.1, 0.15) is 70.2 Å². The number of ether oxygens (including phenoxy) is 3. The minimum atomic E-state index is -0.306. The summed E-state index contributed by atoms with van der Waals surface area (Å²) in [6, 6.07) is 3.31. The second-order valence-corrected chi connectivity index (χ2v) is 5.70. The number of hydrazone groups is 1. The number of carbonyl (C=O) groups is 1. The molecule has 0 aromatic heterocycles. The van der Waals surface area contributed by atoms with Crippen molar-refractivity contribution in [1.29, 1.82) is 0 Å². The zero-order chi connectivity index (χ0) is 19.2. The van der Waals surface area contributed by atoms with Gasteiger partial charge in [0, 0.05) is 11.8 Å². The highest BCUT2D eigenvalue weighted by atomic mass is 16.5. The average molecular weight is 364 g/mol. The Bertz CT molecular complexity index is 546. The minimum absolute atomic E-state index is 0.306. The van der Waals surface area contributed by atoms with Crippen LogP contribution in [0, 0.1) is 0 Å². The van der Waals surface area contributed by atoms with E-state index in [4.69, 9.17) is 14.2 Å². The summed E-state index contributed by atoms with van der Waals surface area (Å²) in [7, 11) is 0. The molecule has 0 atom stereocenters. The van der Waals surface area contributed by atoms with Gasteiger partial charge in [-0.25, -0.2) is 5.43 Å². The third-order valence-corrected chi connectivity index (χ3v) is 3.62. The molecule has 0 saturated heterocycles. The zero-order valence-electron chi connectivity index (χ0n) is 16.5. The molecule has 1 N–H and O–H groups in total. The van der Waals surface area contributed by atoms with Crippen LogP contribution in [0.15, 0.2) is 17.2 Å². The van der Waals surface area contributed by atoms with Gasteiger partial charge in [0.2, 0.25) is 5.75 Å². The molecular weight excluding hydrogens is 332 g/mol. The zero-order valence-corrected chi connectivity index (χ0v) is 16.5. The lowest BCUT2D eigenvalue weighted by Gasteiger charge is -2.16. The van der Waals surface area contributed by atoms with Crippen molar-refractivity contribution < 1.29 is 19.0 Å². The fourth-order valence-electron chi connectivity index (χ4n) is 2.42. The quantitative estimate of drug-likeness (QED) is 0.316. The molecule has 0 unspecified atom stereocenters. The topological polar surface area (TPSA) is 69.2 Å². The van der Waals surface area contributed by atoms with Crippen LogP contribution in [0.25, 0.3) is 0 Å². The van der Waals surface area contributed by atoms with Crippen molar-refractivity contribution in [2.24, 2.45) is 5.10 Å². The van der Waals surface area contributed by atoms with Crippen molar-refractivity contribution in [1.82, 2.24) is 5.43 Å². The molecule has 26 heavy (non-hydrogen) atoms. The van der Waals surface area contributed by atoms with Crippen LogP contribution in [0.5, 0.6) is 17.2 Å². The first kappa shape index (κ1) is 21.8. The van der Waals surface area contributed by atoms with Crippen LogP contribution < -0.4 is 19.6 Å². The summed E-state index contributed by atoms with van der Waals surface area (Å²) in [5.41, 5.74) is 2.98. The molecule has 0 heterocycles. The molecule has 0 aliphatic heterocycles. The Balaban J connectivity index is 2.83. The Labute approximate surface area is 156 Å². The molecule has 1 aromatic carbocycles.